The van der Waals surface area contributed by atoms with Gasteiger partial charge in [0, 0.05) is 29.6 Å². The van der Waals surface area contributed by atoms with Gasteiger partial charge in [-0.3, -0.25) is 0 Å². The Morgan fingerprint density at radius 3 is 2.91 bits per heavy atom. The first-order valence-electron chi connectivity index (χ1n) is 7.90. The fourth-order valence-electron chi connectivity index (χ4n) is 3.02. The van der Waals surface area contributed by atoms with E-state index in [9.17, 15) is 0 Å². The summed E-state index contributed by atoms with van der Waals surface area (Å²) in [4.78, 5) is 22.8. The van der Waals surface area contributed by atoms with E-state index in [1.165, 1.54) is 10.4 Å². The van der Waals surface area contributed by atoms with Crippen LogP contribution in [0.1, 0.15) is 35.8 Å². The molecule has 0 radical (unpaired) electrons. The maximum absolute atomic E-state index is 4.76. The summed E-state index contributed by atoms with van der Waals surface area (Å²) in [6.07, 6.45) is 4.57. The summed E-state index contributed by atoms with van der Waals surface area (Å²) in [6, 6.07) is 2.17. The summed E-state index contributed by atoms with van der Waals surface area (Å²) in [7, 11) is 0. The zero-order chi connectivity index (χ0) is 16.0. The van der Waals surface area contributed by atoms with E-state index in [0.29, 0.717) is 5.92 Å². The Hall–Kier alpha value is -2.08. The van der Waals surface area contributed by atoms with Crippen LogP contribution < -0.4 is 4.90 Å². The lowest BCUT2D eigenvalue weighted by Crippen LogP contribution is -2.16. The van der Waals surface area contributed by atoms with Crippen LogP contribution >= 0.6 is 11.3 Å². The van der Waals surface area contributed by atoms with Gasteiger partial charge in [0.25, 0.3) is 0 Å². The summed E-state index contributed by atoms with van der Waals surface area (Å²) in [5.41, 5.74) is 2.34. The Labute approximate surface area is 139 Å². The number of fused-ring (bicyclic) bond motifs is 2. The second-order valence-electron chi connectivity index (χ2n) is 6.49. The highest BCUT2D eigenvalue weighted by atomic mass is 32.1. The lowest BCUT2D eigenvalue weighted by Gasteiger charge is -2.16. The van der Waals surface area contributed by atoms with Crippen molar-refractivity contribution >= 4 is 27.4 Å². The molecule has 4 rings (SSSR count). The highest BCUT2D eigenvalue weighted by Crippen LogP contribution is 2.33. The Bertz CT molecular complexity index is 871. The molecule has 0 unspecified atom stereocenters. The fraction of sp³-hybridized carbons (Fsp3) is 0.412. The van der Waals surface area contributed by atoms with E-state index in [1.54, 1.807) is 17.7 Å². The van der Waals surface area contributed by atoms with Crippen molar-refractivity contribution in [1.29, 1.82) is 0 Å². The molecular formula is C17H19N5S. The summed E-state index contributed by atoms with van der Waals surface area (Å²) in [5, 5.41) is 1.14. The highest BCUT2D eigenvalue weighted by molar-refractivity contribution is 7.18. The van der Waals surface area contributed by atoms with Crippen molar-refractivity contribution in [1.82, 2.24) is 19.9 Å². The smallest absolute Gasteiger partial charge is 0.141 e. The Balaban J connectivity index is 1.67. The van der Waals surface area contributed by atoms with Crippen LogP contribution in [0.4, 0.5) is 5.82 Å². The van der Waals surface area contributed by atoms with E-state index in [-0.39, 0.29) is 0 Å². The van der Waals surface area contributed by atoms with Gasteiger partial charge in [-0.15, -0.1) is 11.3 Å². The molecule has 3 aromatic rings. The molecule has 1 aliphatic heterocycles. The summed E-state index contributed by atoms with van der Waals surface area (Å²) >= 11 is 1.71. The van der Waals surface area contributed by atoms with Crippen molar-refractivity contribution in [3.63, 3.8) is 0 Å². The molecule has 0 bridgehead atoms. The minimum absolute atomic E-state index is 0.570. The van der Waals surface area contributed by atoms with Gasteiger partial charge < -0.3 is 4.90 Å². The zero-order valence-electron chi connectivity index (χ0n) is 13.6. The molecule has 5 nitrogen and oxygen atoms in total. The van der Waals surface area contributed by atoms with Crippen LogP contribution in [0.15, 0.2) is 18.6 Å². The maximum Gasteiger partial charge on any atom is 0.141 e. The molecule has 1 aliphatic rings. The lowest BCUT2D eigenvalue weighted by atomic mass is 10.1. The first-order valence-corrected chi connectivity index (χ1v) is 8.71. The maximum atomic E-state index is 4.76. The number of aromatic nitrogens is 4. The molecule has 0 fully saturated rings. The van der Waals surface area contributed by atoms with Crippen LogP contribution in [0.3, 0.4) is 0 Å². The molecule has 0 N–H and O–H groups in total. The predicted molar refractivity (Wildman–Crippen MR) is 92.6 cm³/mol. The zero-order valence-corrected chi connectivity index (χ0v) is 14.4. The predicted octanol–water partition coefficient (Wildman–Crippen LogP) is 3.51. The second-order valence-corrected chi connectivity index (χ2v) is 7.72. The number of thiophene rings is 1. The van der Waals surface area contributed by atoms with Gasteiger partial charge in [0.1, 0.15) is 22.8 Å². The normalized spacial score (nSPS) is 14.0. The van der Waals surface area contributed by atoms with Crippen molar-refractivity contribution in [2.45, 2.75) is 40.3 Å². The third kappa shape index (κ3) is 2.67. The molecule has 4 heterocycles. The van der Waals surface area contributed by atoms with Gasteiger partial charge in [-0.1, -0.05) is 13.8 Å². The minimum atomic E-state index is 0.570. The van der Waals surface area contributed by atoms with E-state index < -0.39 is 0 Å². The van der Waals surface area contributed by atoms with Gasteiger partial charge in [0.05, 0.1) is 17.6 Å². The van der Waals surface area contributed by atoms with Gasteiger partial charge in [-0.2, -0.15) is 0 Å². The van der Waals surface area contributed by atoms with E-state index in [1.807, 2.05) is 6.20 Å². The van der Waals surface area contributed by atoms with Crippen molar-refractivity contribution in [2.24, 2.45) is 5.92 Å². The third-order valence-corrected chi connectivity index (χ3v) is 4.99. The summed E-state index contributed by atoms with van der Waals surface area (Å²) < 4.78 is 0. The van der Waals surface area contributed by atoms with E-state index in [2.05, 4.69) is 46.7 Å². The molecule has 0 aromatic carbocycles. The average Bonchev–Trinajstić information content (AvgIpc) is 3.07. The highest BCUT2D eigenvalue weighted by Gasteiger charge is 2.24. The molecule has 23 heavy (non-hydrogen) atoms. The molecule has 0 saturated carbocycles. The molecule has 0 atom stereocenters. The lowest BCUT2D eigenvalue weighted by molar-refractivity contribution is 0.617. The van der Waals surface area contributed by atoms with Crippen LogP contribution in [0.25, 0.3) is 10.2 Å². The van der Waals surface area contributed by atoms with Crippen molar-refractivity contribution in [3.05, 3.63) is 40.5 Å². The molecule has 3 aromatic heterocycles. The van der Waals surface area contributed by atoms with Gasteiger partial charge >= 0.3 is 0 Å². The average molecular weight is 325 g/mol. The van der Waals surface area contributed by atoms with Crippen LogP contribution in [0, 0.1) is 12.8 Å². The van der Waals surface area contributed by atoms with Gasteiger partial charge in [-0.05, 0) is 18.9 Å². The molecule has 0 amide bonds. The van der Waals surface area contributed by atoms with E-state index in [0.717, 1.165) is 47.1 Å². The summed E-state index contributed by atoms with van der Waals surface area (Å²) in [5.74, 6) is 2.52. The number of hydrogen-bond acceptors (Lipinski definition) is 6. The molecule has 0 spiro atoms. The first kappa shape index (κ1) is 14.5. The summed E-state index contributed by atoms with van der Waals surface area (Å²) in [6.45, 7) is 8.11. The topological polar surface area (TPSA) is 54.8 Å². The number of nitrogens with zero attached hydrogens (tertiary/aromatic N) is 5. The van der Waals surface area contributed by atoms with Crippen LogP contribution in [-0.4, -0.2) is 19.9 Å². The van der Waals surface area contributed by atoms with Crippen LogP contribution in [0.2, 0.25) is 0 Å². The molecular weight excluding hydrogens is 306 g/mol. The van der Waals surface area contributed by atoms with Gasteiger partial charge in [0.15, 0.2) is 0 Å². The Morgan fingerprint density at radius 1 is 1.22 bits per heavy atom. The SMILES string of the molecule is Cc1cc2c(N3Cc4cnc(CC(C)C)nc4C3)ncnc2s1. The van der Waals surface area contributed by atoms with Crippen molar-refractivity contribution < 1.29 is 0 Å². The number of aryl methyl sites for hydroxylation is 1. The van der Waals surface area contributed by atoms with Gasteiger partial charge in [0.2, 0.25) is 0 Å². The van der Waals surface area contributed by atoms with Crippen LogP contribution in [-0.2, 0) is 19.5 Å². The standard InChI is InChI=1S/C17H19N5S/c1-10(2)4-15-18-6-12-7-22(8-14(12)21-15)16-13-5-11(3)23-17(13)20-9-19-16/h5-6,9-10H,4,7-8H2,1-3H3. The number of anilines is 1. The van der Waals surface area contributed by atoms with Crippen molar-refractivity contribution in [3.8, 4) is 0 Å². The van der Waals surface area contributed by atoms with Crippen molar-refractivity contribution in [2.75, 3.05) is 4.90 Å². The third-order valence-electron chi connectivity index (χ3n) is 4.03. The molecule has 118 valence electrons. The number of rotatable bonds is 3. The molecule has 0 saturated heterocycles. The minimum Gasteiger partial charge on any atom is -0.346 e. The first-order chi connectivity index (χ1) is 11.1. The fourth-order valence-corrected chi connectivity index (χ4v) is 3.87. The number of hydrogen-bond donors (Lipinski definition) is 0. The van der Waals surface area contributed by atoms with E-state index in [4.69, 9.17) is 4.98 Å². The Morgan fingerprint density at radius 2 is 2.09 bits per heavy atom. The van der Waals surface area contributed by atoms with E-state index >= 15 is 0 Å². The monoisotopic (exact) mass is 325 g/mol. The Kier molecular flexibility index (Phi) is 3.49. The largest absolute Gasteiger partial charge is 0.346 e. The molecule has 6 heteroatoms. The van der Waals surface area contributed by atoms with Crippen LogP contribution in [0.5, 0.6) is 0 Å². The quantitative estimate of drug-likeness (QED) is 0.737. The van der Waals surface area contributed by atoms with Gasteiger partial charge in [-0.25, -0.2) is 19.9 Å². The second kappa shape index (κ2) is 5.53. The molecule has 0 aliphatic carbocycles.